The van der Waals surface area contributed by atoms with Gasteiger partial charge in [0.25, 0.3) is 0 Å². The van der Waals surface area contributed by atoms with E-state index < -0.39 is 5.97 Å². The van der Waals surface area contributed by atoms with Crippen molar-refractivity contribution in [2.75, 3.05) is 0 Å². The zero-order valence-electron chi connectivity index (χ0n) is 9.77. The Kier molecular flexibility index (Phi) is 2.66. The van der Waals surface area contributed by atoms with E-state index in [4.69, 9.17) is 5.11 Å². The highest BCUT2D eigenvalue weighted by molar-refractivity contribution is 5.70. The van der Waals surface area contributed by atoms with Crippen LogP contribution in [-0.4, -0.2) is 34.1 Å². The van der Waals surface area contributed by atoms with Crippen LogP contribution in [-0.2, 0) is 4.79 Å². The zero-order valence-corrected chi connectivity index (χ0v) is 9.77. The molecule has 1 saturated carbocycles. The first-order chi connectivity index (χ1) is 7.75. The SMILES string of the molecule is O=C(O)C1CC2CCC(C1)N2C1CCCC1. The summed E-state index contributed by atoms with van der Waals surface area (Å²) in [5.41, 5.74) is 0. The van der Waals surface area contributed by atoms with Crippen LogP contribution in [0, 0.1) is 5.92 Å². The Labute approximate surface area is 96.8 Å². The molecule has 2 bridgehead atoms. The van der Waals surface area contributed by atoms with Gasteiger partial charge in [-0.3, -0.25) is 9.69 Å². The number of carboxylic acids is 1. The number of aliphatic carboxylic acids is 1. The molecule has 3 fully saturated rings. The highest BCUT2D eigenvalue weighted by Gasteiger charge is 2.45. The minimum atomic E-state index is -0.567. The van der Waals surface area contributed by atoms with Gasteiger partial charge in [0.15, 0.2) is 0 Å². The predicted molar refractivity (Wildman–Crippen MR) is 61.3 cm³/mol. The number of hydrogen-bond donors (Lipinski definition) is 1. The molecule has 0 amide bonds. The molecule has 2 unspecified atom stereocenters. The van der Waals surface area contributed by atoms with Gasteiger partial charge in [-0.05, 0) is 38.5 Å². The molecule has 2 saturated heterocycles. The van der Waals surface area contributed by atoms with Crippen molar-refractivity contribution >= 4 is 5.97 Å². The Morgan fingerprint density at radius 1 is 0.938 bits per heavy atom. The van der Waals surface area contributed by atoms with E-state index in [0.717, 1.165) is 18.9 Å². The molecule has 2 aliphatic heterocycles. The lowest BCUT2D eigenvalue weighted by atomic mass is 9.89. The lowest BCUT2D eigenvalue weighted by molar-refractivity contribution is -0.144. The third-order valence-corrected chi connectivity index (χ3v) is 4.89. The van der Waals surface area contributed by atoms with Crippen LogP contribution in [0.15, 0.2) is 0 Å². The molecule has 90 valence electrons. The summed E-state index contributed by atoms with van der Waals surface area (Å²) in [6.07, 6.45) is 9.75. The summed E-state index contributed by atoms with van der Waals surface area (Å²) in [6.45, 7) is 0. The fourth-order valence-corrected chi connectivity index (χ4v) is 4.21. The zero-order chi connectivity index (χ0) is 11.1. The van der Waals surface area contributed by atoms with Gasteiger partial charge in [0, 0.05) is 18.1 Å². The number of rotatable bonds is 2. The van der Waals surface area contributed by atoms with Gasteiger partial charge in [-0.15, -0.1) is 0 Å². The first-order valence-corrected chi connectivity index (χ1v) is 6.76. The van der Waals surface area contributed by atoms with Crippen molar-refractivity contribution in [3.8, 4) is 0 Å². The van der Waals surface area contributed by atoms with E-state index in [0.29, 0.717) is 12.1 Å². The van der Waals surface area contributed by atoms with E-state index in [2.05, 4.69) is 4.90 Å². The van der Waals surface area contributed by atoms with E-state index in [1.165, 1.54) is 38.5 Å². The van der Waals surface area contributed by atoms with Crippen molar-refractivity contribution in [2.24, 2.45) is 5.92 Å². The van der Waals surface area contributed by atoms with Crippen molar-refractivity contribution in [1.29, 1.82) is 0 Å². The predicted octanol–water partition coefficient (Wildman–Crippen LogP) is 2.26. The standard InChI is InChI=1S/C13H21NO2/c15-13(16)9-7-11-5-6-12(8-9)14(11)10-3-1-2-4-10/h9-12H,1-8H2,(H,15,16). The molecule has 1 N–H and O–H groups in total. The van der Waals surface area contributed by atoms with Gasteiger partial charge < -0.3 is 5.11 Å². The Balaban J connectivity index is 1.72. The van der Waals surface area contributed by atoms with Gasteiger partial charge in [-0.25, -0.2) is 0 Å². The topological polar surface area (TPSA) is 40.5 Å². The molecular formula is C13H21NO2. The molecular weight excluding hydrogens is 202 g/mol. The number of fused-ring (bicyclic) bond motifs is 2. The summed E-state index contributed by atoms with van der Waals surface area (Å²) < 4.78 is 0. The second-order valence-electron chi connectivity index (χ2n) is 5.78. The van der Waals surface area contributed by atoms with E-state index in [9.17, 15) is 4.79 Å². The number of carboxylic acid groups (broad SMARTS) is 1. The quantitative estimate of drug-likeness (QED) is 0.780. The molecule has 0 aromatic rings. The first kappa shape index (κ1) is 10.6. The summed E-state index contributed by atoms with van der Waals surface area (Å²) in [6, 6.07) is 1.96. The summed E-state index contributed by atoms with van der Waals surface area (Å²) in [7, 11) is 0. The van der Waals surface area contributed by atoms with Crippen LogP contribution in [0.25, 0.3) is 0 Å². The van der Waals surface area contributed by atoms with E-state index in [-0.39, 0.29) is 5.92 Å². The van der Waals surface area contributed by atoms with Crippen molar-refractivity contribution < 1.29 is 9.90 Å². The van der Waals surface area contributed by atoms with Crippen LogP contribution in [0.5, 0.6) is 0 Å². The normalized spacial score (nSPS) is 40.4. The van der Waals surface area contributed by atoms with E-state index in [1.807, 2.05) is 0 Å². The highest BCUT2D eigenvalue weighted by Crippen LogP contribution is 2.42. The third-order valence-electron chi connectivity index (χ3n) is 4.89. The Morgan fingerprint density at radius 3 is 2.00 bits per heavy atom. The Morgan fingerprint density at radius 2 is 1.50 bits per heavy atom. The van der Waals surface area contributed by atoms with Gasteiger partial charge in [0.2, 0.25) is 0 Å². The van der Waals surface area contributed by atoms with Crippen LogP contribution in [0.4, 0.5) is 0 Å². The van der Waals surface area contributed by atoms with Crippen molar-refractivity contribution in [3.63, 3.8) is 0 Å². The minimum Gasteiger partial charge on any atom is -0.481 e. The maximum Gasteiger partial charge on any atom is 0.306 e. The summed E-state index contributed by atoms with van der Waals surface area (Å²) >= 11 is 0. The minimum absolute atomic E-state index is 0.0600. The van der Waals surface area contributed by atoms with Crippen LogP contribution < -0.4 is 0 Å². The van der Waals surface area contributed by atoms with Gasteiger partial charge >= 0.3 is 5.97 Å². The lowest BCUT2D eigenvalue weighted by Crippen LogP contribution is -2.49. The average Bonchev–Trinajstić information content (AvgIpc) is 2.83. The van der Waals surface area contributed by atoms with Gasteiger partial charge in [-0.1, -0.05) is 12.8 Å². The molecule has 2 heterocycles. The summed E-state index contributed by atoms with van der Waals surface area (Å²) in [5, 5.41) is 9.13. The smallest absolute Gasteiger partial charge is 0.306 e. The molecule has 3 rings (SSSR count). The van der Waals surface area contributed by atoms with Crippen LogP contribution in [0.3, 0.4) is 0 Å². The van der Waals surface area contributed by atoms with Gasteiger partial charge in [0.05, 0.1) is 5.92 Å². The molecule has 3 aliphatic rings. The van der Waals surface area contributed by atoms with E-state index in [1.54, 1.807) is 0 Å². The second-order valence-corrected chi connectivity index (χ2v) is 5.78. The molecule has 2 atom stereocenters. The van der Waals surface area contributed by atoms with Crippen molar-refractivity contribution in [1.82, 2.24) is 4.90 Å². The number of hydrogen-bond acceptors (Lipinski definition) is 2. The Bertz CT molecular complexity index is 272. The maximum absolute atomic E-state index is 11.1. The molecule has 0 aromatic heterocycles. The van der Waals surface area contributed by atoms with Gasteiger partial charge in [0.1, 0.15) is 0 Å². The molecule has 1 aliphatic carbocycles. The number of nitrogens with zero attached hydrogens (tertiary/aromatic N) is 1. The van der Waals surface area contributed by atoms with E-state index >= 15 is 0 Å². The third kappa shape index (κ3) is 1.65. The largest absolute Gasteiger partial charge is 0.481 e. The molecule has 0 spiro atoms. The molecule has 3 heteroatoms. The van der Waals surface area contributed by atoms with Crippen molar-refractivity contribution in [2.45, 2.75) is 69.5 Å². The maximum atomic E-state index is 11.1. The van der Waals surface area contributed by atoms with Crippen molar-refractivity contribution in [3.05, 3.63) is 0 Å². The second kappa shape index (κ2) is 4.02. The molecule has 0 aromatic carbocycles. The van der Waals surface area contributed by atoms with Crippen LogP contribution >= 0.6 is 0 Å². The van der Waals surface area contributed by atoms with Crippen LogP contribution in [0.2, 0.25) is 0 Å². The summed E-state index contributed by atoms with van der Waals surface area (Å²) in [5.74, 6) is -0.627. The molecule has 3 nitrogen and oxygen atoms in total. The molecule has 0 radical (unpaired) electrons. The van der Waals surface area contributed by atoms with Gasteiger partial charge in [-0.2, -0.15) is 0 Å². The Hall–Kier alpha value is -0.570. The number of piperidine rings is 1. The monoisotopic (exact) mass is 223 g/mol. The fourth-order valence-electron chi connectivity index (χ4n) is 4.21. The number of carbonyl (C=O) groups is 1. The highest BCUT2D eigenvalue weighted by atomic mass is 16.4. The lowest BCUT2D eigenvalue weighted by Gasteiger charge is -2.41. The average molecular weight is 223 g/mol. The first-order valence-electron chi connectivity index (χ1n) is 6.76. The fraction of sp³-hybridized carbons (Fsp3) is 0.923. The van der Waals surface area contributed by atoms with Crippen LogP contribution in [0.1, 0.15) is 51.4 Å². The summed E-state index contributed by atoms with van der Waals surface area (Å²) in [4.78, 5) is 13.8. The molecule has 16 heavy (non-hydrogen) atoms.